The predicted molar refractivity (Wildman–Crippen MR) is 112 cm³/mol. The summed E-state index contributed by atoms with van der Waals surface area (Å²) in [5, 5.41) is 6.26. The summed E-state index contributed by atoms with van der Waals surface area (Å²) in [4.78, 5) is 26.3. The number of anilines is 1. The molecule has 0 aliphatic carbocycles. The molecule has 3 rings (SSSR count). The van der Waals surface area contributed by atoms with E-state index in [1.807, 2.05) is 12.1 Å². The number of nitrogens with zero attached hydrogens (tertiary/aromatic N) is 1. The Morgan fingerprint density at radius 1 is 1.03 bits per heavy atom. The van der Waals surface area contributed by atoms with E-state index in [1.165, 1.54) is 0 Å². The third kappa shape index (κ3) is 5.40. The van der Waals surface area contributed by atoms with Crippen LogP contribution < -0.4 is 20.1 Å². The Labute approximate surface area is 174 Å². The number of amides is 2. The monoisotopic (exact) mass is 417 g/mol. The van der Waals surface area contributed by atoms with Gasteiger partial charge in [-0.15, -0.1) is 0 Å². The largest absolute Gasteiger partial charge is 0.493 e. The summed E-state index contributed by atoms with van der Waals surface area (Å²) in [7, 11) is 3.20. The smallest absolute Gasteiger partial charge is 0.238 e. The topological polar surface area (TPSA) is 79.9 Å². The van der Waals surface area contributed by atoms with Crippen LogP contribution >= 0.6 is 11.6 Å². The number of fused-ring (bicyclic) bond motifs is 1. The van der Waals surface area contributed by atoms with E-state index >= 15 is 0 Å². The standard InChI is InChI=1S/C21H24ClN3O4/c1-28-18-9-14-7-8-25(13-15(14)10-19(18)29-2)21(27)12-23-11-20(26)24-17-5-3-16(22)4-6-17/h3-6,9-10,23H,7-8,11-13H2,1-2H3,(H,24,26). The SMILES string of the molecule is COc1cc2c(cc1OC)CN(C(=O)CNCC(=O)Nc1ccc(Cl)cc1)CC2. The molecule has 1 aliphatic heterocycles. The minimum absolute atomic E-state index is 0.0455. The summed E-state index contributed by atoms with van der Waals surface area (Å²) >= 11 is 5.82. The summed E-state index contributed by atoms with van der Waals surface area (Å²) in [6, 6.07) is 10.7. The van der Waals surface area contributed by atoms with Gasteiger partial charge in [0, 0.05) is 23.8 Å². The van der Waals surface area contributed by atoms with E-state index in [4.69, 9.17) is 21.1 Å². The lowest BCUT2D eigenvalue weighted by molar-refractivity contribution is -0.131. The summed E-state index contributed by atoms with van der Waals surface area (Å²) in [5.74, 6) is 1.07. The zero-order chi connectivity index (χ0) is 20.8. The molecule has 2 amide bonds. The minimum Gasteiger partial charge on any atom is -0.493 e. The lowest BCUT2D eigenvalue weighted by Crippen LogP contribution is -2.42. The molecule has 0 bridgehead atoms. The van der Waals surface area contributed by atoms with E-state index in [2.05, 4.69) is 10.6 Å². The summed E-state index contributed by atoms with van der Waals surface area (Å²) < 4.78 is 10.7. The first-order valence-corrected chi connectivity index (χ1v) is 9.65. The molecule has 2 aromatic carbocycles. The highest BCUT2D eigenvalue weighted by molar-refractivity contribution is 6.30. The van der Waals surface area contributed by atoms with Gasteiger partial charge in [-0.05, 0) is 53.9 Å². The van der Waals surface area contributed by atoms with Crippen LogP contribution in [-0.4, -0.2) is 50.6 Å². The Hall–Kier alpha value is -2.77. The first-order valence-electron chi connectivity index (χ1n) is 9.28. The number of rotatable bonds is 7. The van der Waals surface area contributed by atoms with Crippen LogP contribution in [0.25, 0.3) is 0 Å². The quantitative estimate of drug-likeness (QED) is 0.723. The number of hydrogen-bond acceptors (Lipinski definition) is 5. The number of halogens is 1. The molecule has 154 valence electrons. The molecule has 0 fully saturated rings. The molecule has 1 aliphatic rings. The molecule has 29 heavy (non-hydrogen) atoms. The maximum atomic E-state index is 12.5. The lowest BCUT2D eigenvalue weighted by atomic mass is 9.98. The summed E-state index contributed by atoms with van der Waals surface area (Å²) in [6.07, 6.45) is 0.748. The van der Waals surface area contributed by atoms with E-state index < -0.39 is 0 Å². The third-order valence-electron chi connectivity index (χ3n) is 4.76. The van der Waals surface area contributed by atoms with Crippen molar-refractivity contribution in [1.82, 2.24) is 10.2 Å². The van der Waals surface area contributed by atoms with Crippen molar-refractivity contribution in [2.45, 2.75) is 13.0 Å². The van der Waals surface area contributed by atoms with Crippen molar-refractivity contribution in [3.8, 4) is 11.5 Å². The molecule has 2 aromatic rings. The van der Waals surface area contributed by atoms with Crippen molar-refractivity contribution >= 4 is 29.1 Å². The zero-order valence-corrected chi connectivity index (χ0v) is 17.2. The Balaban J connectivity index is 1.49. The van der Waals surface area contributed by atoms with Crippen LogP contribution in [0.3, 0.4) is 0 Å². The molecule has 0 spiro atoms. The van der Waals surface area contributed by atoms with Gasteiger partial charge in [0.05, 0.1) is 27.3 Å². The van der Waals surface area contributed by atoms with Gasteiger partial charge in [0.25, 0.3) is 0 Å². The molecule has 0 aromatic heterocycles. The number of hydrogen-bond donors (Lipinski definition) is 2. The summed E-state index contributed by atoms with van der Waals surface area (Å²) in [5.41, 5.74) is 2.86. The predicted octanol–water partition coefficient (Wildman–Crippen LogP) is 2.47. The van der Waals surface area contributed by atoms with Crippen LogP contribution in [0.1, 0.15) is 11.1 Å². The van der Waals surface area contributed by atoms with Crippen molar-refractivity contribution in [2.24, 2.45) is 0 Å². The van der Waals surface area contributed by atoms with E-state index in [-0.39, 0.29) is 24.9 Å². The number of methoxy groups -OCH3 is 2. The van der Waals surface area contributed by atoms with Crippen molar-refractivity contribution < 1.29 is 19.1 Å². The normalized spacial score (nSPS) is 12.9. The third-order valence-corrected chi connectivity index (χ3v) is 5.01. The second-order valence-electron chi connectivity index (χ2n) is 6.70. The number of carbonyl (C=O) groups excluding carboxylic acids is 2. The average molecular weight is 418 g/mol. The lowest BCUT2D eigenvalue weighted by Gasteiger charge is -2.29. The van der Waals surface area contributed by atoms with E-state index in [0.717, 1.165) is 17.5 Å². The number of nitrogens with one attached hydrogen (secondary N) is 2. The van der Waals surface area contributed by atoms with Crippen LogP contribution in [0.15, 0.2) is 36.4 Å². The van der Waals surface area contributed by atoms with Crippen molar-refractivity contribution in [1.29, 1.82) is 0 Å². The maximum Gasteiger partial charge on any atom is 0.238 e. The van der Waals surface area contributed by atoms with E-state index in [0.29, 0.717) is 35.3 Å². The Morgan fingerprint density at radius 2 is 1.69 bits per heavy atom. The molecule has 0 unspecified atom stereocenters. The van der Waals surface area contributed by atoms with Gasteiger partial charge in [-0.25, -0.2) is 0 Å². The van der Waals surface area contributed by atoms with Crippen LogP contribution in [0.5, 0.6) is 11.5 Å². The van der Waals surface area contributed by atoms with Crippen LogP contribution in [-0.2, 0) is 22.6 Å². The Kier molecular flexibility index (Phi) is 6.95. The van der Waals surface area contributed by atoms with Gasteiger partial charge >= 0.3 is 0 Å². The Bertz CT molecular complexity index is 886. The first kappa shape index (κ1) is 21.0. The molecule has 2 N–H and O–H groups in total. The van der Waals surface area contributed by atoms with E-state index in [1.54, 1.807) is 43.4 Å². The van der Waals surface area contributed by atoms with Gasteiger partial charge in [-0.3, -0.25) is 14.9 Å². The van der Waals surface area contributed by atoms with Gasteiger partial charge in [-0.2, -0.15) is 0 Å². The van der Waals surface area contributed by atoms with Gasteiger partial charge < -0.3 is 19.7 Å². The van der Waals surface area contributed by atoms with Gasteiger partial charge in [0.15, 0.2) is 11.5 Å². The second-order valence-corrected chi connectivity index (χ2v) is 7.14. The fourth-order valence-electron chi connectivity index (χ4n) is 3.23. The first-order chi connectivity index (χ1) is 14.0. The van der Waals surface area contributed by atoms with Crippen LogP contribution in [0, 0.1) is 0 Å². The zero-order valence-electron chi connectivity index (χ0n) is 16.5. The van der Waals surface area contributed by atoms with Crippen molar-refractivity contribution in [3.63, 3.8) is 0 Å². The molecule has 0 radical (unpaired) electrons. The molecule has 8 heteroatoms. The average Bonchev–Trinajstić information content (AvgIpc) is 2.73. The maximum absolute atomic E-state index is 12.5. The highest BCUT2D eigenvalue weighted by Gasteiger charge is 2.22. The molecule has 1 heterocycles. The summed E-state index contributed by atoms with van der Waals surface area (Å²) in [6.45, 7) is 1.27. The molecular formula is C21H24ClN3O4. The van der Waals surface area contributed by atoms with Crippen LogP contribution in [0.2, 0.25) is 5.02 Å². The van der Waals surface area contributed by atoms with Gasteiger partial charge in [0.2, 0.25) is 11.8 Å². The highest BCUT2D eigenvalue weighted by Crippen LogP contribution is 2.33. The van der Waals surface area contributed by atoms with Crippen molar-refractivity contribution in [3.05, 3.63) is 52.5 Å². The number of benzene rings is 2. The molecule has 0 saturated heterocycles. The fraction of sp³-hybridized carbons (Fsp3) is 0.333. The van der Waals surface area contributed by atoms with E-state index in [9.17, 15) is 9.59 Å². The minimum atomic E-state index is -0.221. The van der Waals surface area contributed by atoms with Gasteiger partial charge in [0.1, 0.15) is 0 Å². The molecule has 0 saturated carbocycles. The Morgan fingerprint density at radius 3 is 2.34 bits per heavy atom. The molecule has 0 atom stereocenters. The van der Waals surface area contributed by atoms with Gasteiger partial charge in [-0.1, -0.05) is 11.6 Å². The number of carbonyl (C=O) groups is 2. The molecule has 7 nitrogen and oxygen atoms in total. The molecular weight excluding hydrogens is 394 g/mol. The highest BCUT2D eigenvalue weighted by atomic mass is 35.5. The van der Waals surface area contributed by atoms with Crippen LogP contribution in [0.4, 0.5) is 5.69 Å². The second kappa shape index (κ2) is 9.62. The number of ether oxygens (including phenoxy) is 2. The fourth-order valence-corrected chi connectivity index (χ4v) is 3.36. The van der Waals surface area contributed by atoms with Crippen molar-refractivity contribution in [2.75, 3.05) is 39.2 Å².